The summed E-state index contributed by atoms with van der Waals surface area (Å²) in [5.74, 6) is -1.09. The number of piperidine rings is 1. The van der Waals surface area contributed by atoms with Gasteiger partial charge in [0.25, 0.3) is 0 Å². The van der Waals surface area contributed by atoms with E-state index in [1.54, 1.807) is 25.7 Å². The van der Waals surface area contributed by atoms with E-state index >= 15 is 0 Å². The van der Waals surface area contributed by atoms with Crippen LogP contribution in [0.2, 0.25) is 0 Å². The van der Waals surface area contributed by atoms with Gasteiger partial charge in [0.05, 0.1) is 6.07 Å². The van der Waals surface area contributed by atoms with Crippen molar-refractivity contribution >= 4 is 23.6 Å². The number of nitriles is 1. The highest BCUT2D eigenvalue weighted by Crippen LogP contribution is 2.65. The third kappa shape index (κ3) is 5.31. The summed E-state index contributed by atoms with van der Waals surface area (Å²) in [5, 5.41) is 18.2. The first-order chi connectivity index (χ1) is 16.0. The van der Waals surface area contributed by atoms with Crippen LogP contribution >= 0.6 is 0 Å². The van der Waals surface area contributed by atoms with Gasteiger partial charge in [0.15, 0.2) is 0 Å². The molecular weight excluding hydrogens is 446 g/mol. The topological polar surface area (TPSA) is 131 Å². The largest absolute Gasteiger partial charge is 0.356 e. The minimum absolute atomic E-state index is 0.0143. The molecule has 194 valence electrons. The normalized spacial score (nSPS) is 28.9. The smallest absolute Gasteiger partial charge is 0.246 e. The summed E-state index contributed by atoms with van der Waals surface area (Å²) in [7, 11) is 0. The van der Waals surface area contributed by atoms with Gasteiger partial charge in [-0.15, -0.1) is 0 Å². The van der Waals surface area contributed by atoms with Crippen molar-refractivity contribution < 1.29 is 19.2 Å². The monoisotopic (exact) mass is 487 g/mol. The van der Waals surface area contributed by atoms with E-state index in [1.807, 2.05) is 20.8 Å². The lowest BCUT2D eigenvalue weighted by Crippen LogP contribution is -2.60. The summed E-state index contributed by atoms with van der Waals surface area (Å²) in [6.07, 6.45) is 0.887. The van der Waals surface area contributed by atoms with Gasteiger partial charge in [-0.25, -0.2) is 0 Å². The number of hydrogen-bond donors (Lipinski definition) is 3. The van der Waals surface area contributed by atoms with E-state index in [4.69, 9.17) is 0 Å². The van der Waals surface area contributed by atoms with Crippen LogP contribution in [0.5, 0.6) is 0 Å². The quantitative estimate of drug-likeness (QED) is 0.523. The minimum Gasteiger partial charge on any atom is -0.356 e. The first-order valence-corrected chi connectivity index (χ1v) is 12.6. The van der Waals surface area contributed by atoms with Crippen LogP contribution in [0.1, 0.15) is 68.2 Å². The molecule has 3 aliphatic rings. The van der Waals surface area contributed by atoms with Crippen LogP contribution in [0.4, 0.5) is 0 Å². The summed E-state index contributed by atoms with van der Waals surface area (Å²) in [4.78, 5) is 53.7. The molecule has 2 aliphatic heterocycles. The fourth-order valence-electron chi connectivity index (χ4n) is 5.53. The van der Waals surface area contributed by atoms with Crippen molar-refractivity contribution in [2.75, 3.05) is 13.1 Å². The molecule has 0 aromatic rings. The van der Waals surface area contributed by atoms with Crippen molar-refractivity contribution in [2.24, 2.45) is 34.0 Å². The fourth-order valence-corrected chi connectivity index (χ4v) is 5.53. The highest BCUT2D eigenvalue weighted by Gasteiger charge is 2.69. The lowest BCUT2D eigenvalue weighted by molar-refractivity contribution is -0.146. The van der Waals surface area contributed by atoms with E-state index in [0.29, 0.717) is 19.5 Å². The lowest BCUT2D eigenvalue weighted by atomic mass is 9.84. The van der Waals surface area contributed by atoms with Gasteiger partial charge in [-0.2, -0.15) is 5.26 Å². The van der Waals surface area contributed by atoms with Crippen molar-refractivity contribution in [3.8, 4) is 6.07 Å². The average Bonchev–Trinajstić information content (AvgIpc) is 3.10. The minimum atomic E-state index is -0.812. The molecule has 35 heavy (non-hydrogen) atoms. The van der Waals surface area contributed by atoms with Crippen molar-refractivity contribution in [2.45, 2.75) is 86.4 Å². The Morgan fingerprint density at radius 3 is 2.29 bits per heavy atom. The van der Waals surface area contributed by atoms with Gasteiger partial charge in [0, 0.05) is 24.4 Å². The second-order valence-corrected chi connectivity index (χ2v) is 13.1. The van der Waals surface area contributed by atoms with E-state index in [2.05, 4.69) is 35.9 Å². The molecule has 1 unspecified atom stereocenters. The van der Waals surface area contributed by atoms with Crippen molar-refractivity contribution in [1.82, 2.24) is 20.9 Å². The molecule has 0 spiro atoms. The molecule has 9 heteroatoms. The Balaban J connectivity index is 1.81. The van der Waals surface area contributed by atoms with Crippen molar-refractivity contribution in [1.29, 1.82) is 5.26 Å². The maximum Gasteiger partial charge on any atom is 0.246 e. The fraction of sp³-hybridized carbons (Fsp3) is 0.808. The highest BCUT2D eigenvalue weighted by atomic mass is 16.2. The molecule has 2 saturated heterocycles. The molecule has 0 radical (unpaired) electrons. The van der Waals surface area contributed by atoms with E-state index in [0.717, 1.165) is 0 Å². The van der Waals surface area contributed by atoms with Gasteiger partial charge < -0.3 is 20.9 Å². The molecule has 0 aromatic heterocycles. The Morgan fingerprint density at radius 2 is 1.80 bits per heavy atom. The second-order valence-electron chi connectivity index (χ2n) is 13.1. The number of carbonyl (C=O) groups excluding carboxylic acids is 4. The summed E-state index contributed by atoms with van der Waals surface area (Å²) in [6, 6.07) is -0.206. The Bertz CT molecular complexity index is 939. The third-order valence-corrected chi connectivity index (χ3v) is 7.99. The van der Waals surface area contributed by atoms with Crippen LogP contribution in [0, 0.1) is 45.3 Å². The first-order valence-electron chi connectivity index (χ1n) is 12.6. The standard InChI is InChI=1S/C26H41N5O4/c1-24(2,3)19(30-23(35)25(4,5)6)22(34)31-13-16-17(26(16,7)8)18(31)21(33)29-15(12-27)11-14-9-10-28-20(14)32/h14-19H,9-11,13H2,1-8H3,(H,28,32)(H,29,33)(H,30,35)/t14-,15-,16-,17-,18-,19?/m0/s1. The molecule has 2 heterocycles. The van der Waals surface area contributed by atoms with Crippen LogP contribution in [0.3, 0.4) is 0 Å². The molecular formula is C26H41N5O4. The summed E-state index contributed by atoms with van der Waals surface area (Å²) < 4.78 is 0. The van der Waals surface area contributed by atoms with Crippen molar-refractivity contribution in [3.05, 3.63) is 0 Å². The third-order valence-electron chi connectivity index (χ3n) is 7.99. The summed E-state index contributed by atoms with van der Waals surface area (Å²) in [6.45, 7) is 16.3. The molecule has 6 atom stereocenters. The number of nitrogens with one attached hydrogen (secondary N) is 3. The average molecular weight is 488 g/mol. The molecule has 4 amide bonds. The number of fused-ring (bicyclic) bond motifs is 1. The number of amides is 4. The molecule has 9 nitrogen and oxygen atoms in total. The molecule has 0 bridgehead atoms. The van der Waals surface area contributed by atoms with Gasteiger partial charge in [-0.3, -0.25) is 19.2 Å². The molecule has 1 saturated carbocycles. The number of nitrogens with zero attached hydrogens (tertiary/aromatic N) is 2. The van der Waals surface area contributed by atoms with Crippen LogP contribution in [0.15, 0.2) is 0 Å². The molecule has 3 N–H and O–H groups in total. The van der Waals surface area contributed by atoms with Gasteiger partial charge in [0.2, 0.25) is 23.6 Å². The predicted molar refractivity (Wildman–Crippen MR) is 130 cm³/mol. The van der Waals surface area contributed by atoms with E-state index in [-0.39, 0.29) is 53.2 Å². The highest BCUT2D eigenvalue weighted by molar-refractivity contribution is 5.95. The zero-order valence-corrected chi connectivity index (χ0v) is 22.3. The number of likely N-dealkylation sites (tertiary alicyclic amines) is 1. The van der Waals surface area contributed by atoms with Crippen LogP contribution in [-0.4, -0.2) is 59.7 Å². The predicted octanol–water partition coefficient (Wildman–Crippen LogP) is 1.58. The van der Waals surface area contributed by atoms with Crippen LogP contribution in [-0.2, 0) is 19.2 Å². The number of carbonyl (C=O) groups is 4. The summed E-state index contributed by atoms with van der Waals surface area (Å²) >= 11 is 0. The van der Waals surface area contributed by atoms with Gasteiger partial charge in [0.1, 0.15) is 18.1 Å². The van der Waals surface area contributed by atoms with E-state index < -0.39 is 29.0 Å². The zero-order chi connectivity index (χ0) is 26.5. The number of rotatable bonds is 6. The molecule has 3 rings (SSSR count). The zero-order valence-electron chi connectivity index (χ0n) is 22.3. The number of hydrogen-bond acceptors (Lipinski definition) is 5. The summed E-state index contributed by atoms with van der Waals surface area (Å²) in [5.41, 5.74) is -1.31. The van der Waals surface area contributed by atoms with Gasteiger partial charge in [-0.05, 0) is 35.5 Å². The van der Waals surface area contributed by atoms with E-state index in [1.165, 1.54) is 0 Å². The Hall–Kier alpha value is -2.63. The maximum absolute atomic E-state index is 13.8. The van der Waals surface area contributed by atoms with Gasteiger partial charge in [-0.1, -0.05) is 55.4 Å². The molecule has 0 aromatic carbocycles. The lowest BCUT2D eigenvalue weighted by Gasteiger charge is -2.38. The Labute approximate surface area is 208 Å². The Morgan fingerprint density at radius 1 is 1.17 bits per heavy atom. The Kier molecular flexibility index (Phi) is 7.02. The first kappa shape index (κ1) is 27.0. The van der Waals surface area contributed by atoms with Crippen LogP contribution in [0.25, 0.3) is 0 Å². The second kappa shape index (κ2) is 9.11. The van der Waals surface area contributed by atoms with Gasteiger partial charge >= 0.3 is 0 Å². The molecule has 1 aliphatic carbocycles. The van der Waals surface area contributed by atoms with E-state index in [9.17, 15) is 24.4 Å². The SMILES string of the molecule is CC(C)(C)C(=O)NC(C(=O)N1C[C@H]2[C@@H]([C@H]1C(=O)N[C@H](C#N)C[C@@H]1CCNC1=O)C2(C)C)C(C)(C)C. The van der Waals surface area contributed by atoms with Crippen LogP contribution < -0.4 is 16.0 Å². The molecule has 3 fully saturated rings. The maximum atomic E-state index is 13.8. The van der Waals surface area contributed by atoms with Crippen molar-refractivity contribution in [3.63, 3.8) is 0 Å².